The molecule has 0 bridgehead atoms. The van der Waals surface area contributed by atoms with Crippen LogP contribution in [0, 0.1) is 0 Å². The molecule has 1 aliphatic rings. The topological polar surface area (TPSA) is 65.6 Å². The van der Waals surface area contributed by atoms with E-state index in [-0.39, 0.29) is 25.0 Å². The first-order valence-corrected chi connectivity index (χ1v) is 5.89. The van der Waals surface area contributed by atoms with Gasteiger partial charge in [0.25, 0.3) is 5.91 Å². The number of carbonyl (C=O) groups is 2. The zero-order valence-corrected chi connectivity index (χ0v) is 10.7. The van der Waals surface area contributed by atoms with Crippen molar-refractivity contribution in [3.8, 4) is 0 Å². The monoisotopic (exact) mass is 271 g/mol. The van der Waals surface area contributed by atoms with Gasteiger partial charge in [0.15, 0.2) is 0 Å². The van der Waals surface area contributed by atoms with Crippen molar-refractivity contribution in [3.63, 3.8) is 0 Å². The molecule has 0 atom stereocenters. The molecule has 1 saturated heterocycles. The molecule has 2 amide bonds. The molecule has 7 heteroatoms. The number of amides is 2. The predicted octanol–water partition coefficient (Wildman–Crippen LogP) is 0.556. The third-order valence-corrected chi connectivity index (χ3v) is 2.97. The molecule has 1 N–H and O–H groups in total. The summed E-state index contributed by atoms with van der Waals surface area (Å²) in [5.41, 5.74) is 0.390. The minimum Gasteiger partial charge on any atom is -0.383 e. The van der Waals surface area contributed by atoms with Crippen molar-refractivity contribution in [1.82, 2.24) is 14.8 Å². The van der Waals surface area contributed by atoms with Crippen molar-refractivity contribution in [3.05, 3.63) is 23.0 Å². The Bertz CT molecular complexity index is 460. The van der Waals surface area contributed by atoms with E-state index in [1.807, 2.05) is 0 Å². The van der Waals surface area contributed by atoms with Gasteiger partial charge in [0.1, 0.15) is 12.2 Å². The van der Waals surface area contributed by atoms with E-state index < -0.39 is 0 Å². The summed E-state index contributed by atoms with van der Waals surface area (Å²) < 4.78 is 4.91. The number of hydrogen-bond acceptors (Lipinski definition) is 3. The second-order valence-electron chi connectivity index (χ2n) is 4.03. The molecule has 1 aliphatic heterocycles. The number of halogens is 1. The molecule has 0 aliphatic carbocycles. The minimum atomic E-state index is -0.227. The summed E-state index contributed by atoms with van der Waals surface area (Å²) in [6, 6.07) is 1.55. The molecule has 98 valence electrons. The van der Waals surface area contributed by atoms with Crippen LogP contribution >= 0.6 is 11.6 Å². The van der Waals surface area contributed by atoms with Gasteiger partial charge in [0, 0.05) is 19.9 Å². The lowest BCUT2D eigenvalue weighted by molar-refractivity contribution is -0.127. The number of ether oxygens (including phenoxy) is 1. The first-order chi connectivity index (χ1) is 8.61. The van der Waals surface area contributed by atoms with Crippen LogP contribution in [0.1, 0.15) is 10.5 Å². The molecule has 6 nitrogen and oxygen atoms in total. The first-order valence-electron chi connectivity index (χ1n) is 5.51. The second kappa shape index (κ2) is 5.41. The third kappa shape index (κ3) is 2.65. The number of methoxy groups -OCH3 is 1. The quantitative estimate of drug-likeness (QED) is 0.870. The Morgan fingerprint density at radius 2 is 2.39 bits per heavy atom. The Morgan fingerprint density at radius 3 is 3.00 bits per heavy atom. The van der Waals surface area contributed by atoms with Crippen LogP contribution < -0.4 is 0 Å². The summed E-state index contributed by atoms with van der Waals surface area (Å²) in [6.07, 6.45) is 1.54. The normalized spacial score (nSPS) is 15.6. The largest absolute Gasteiger partial charge is 0.383 e. The van der Waals surface area contributed by atoms with Crippen LogP contribution in [-0.4, -0.2) is 60.1 Å². The highest BCUT2D eigenvalue weighted by atomic mass is 35.5. The molecule has 1 fully saturated rings. The maximum atomic E-state index is 12.1. The molecule has 0 saturated carbocycles. The van der Waals surface area contributed by atoms with E-state index >= 15 is 0 Å². The fourth-order valence-electron chi connectivity index (χ4n) is 1.79. The van der Waals surface area contributed by atoms with Gasteiger partial charge in [-0.1, -0.05) is 11.6 Å². The predicted molar refractivity (Wildman–Crippen MR) is 65.3 cm³/mol. The summed E-state index contributed by atoms with van der Waals surface area (Å²) in [6.45, 7) is 1.34. The fourth-order valence-corrected chi connectivity index (χ4v) is 1.96. The lowest BCUT2D eigenvalue weighted by Gasteiger charge is -2.17. The van der Waals surface area contributed by atoms with Crippen molar-refractivity contribution in [2.75, 3.05) is 33.5 Å². The van der Waals surface area contributed by atoms with Crippen LogP contribution in [-0.2, 0) is 9.53 Å². The number of aromatic amines is 1. The summed E-state index contributed by atoms with van der Waals surface area (Å²) in [7, 11) is 1.57. The molecule has 0 spiro atoms. The van der Waals surface area contributed by atoms with E-state index in [2.05, 4.69) is 4.98 Å². The van der Waals surface area contributed by atoms with Crippen LogP contribution in [0.5, 0.6) is 0 Å². The number of nitrogens with zero attached hydrogens (tertiary/aromatic N) is 2. The van der Waals surface area contributed by atoms with Crippen LogP contribution in [0.3, 0.4) is 0 Å². The number of nitrogens with one attached hydrogen (secondary N) is 1. The average Bonchev–Trinajstić information content (AvgIpc) is 2.92. The van der Waals surface area contributed by atoms with E-state index in [0.29, 0.717) is 23.9 Å². The van der Waals surface area contributed by atoms with Gasteiger partial charge >= 0.3 is 0 Å². The van der Waals surface area contributed by atoms with Crippen LogP contribution in [0.15, 0.2) is 12.3 Å². The minimum absolute atomic E-state index is 0.0712. The lowest BCUT2D eigenvalue weighted by atomic mass is 10.4. The van der Waals surface area contributed by atoms with Gasteiger partial charge in [-0.3, -0.25) is 9.59 Å². The van der Waals surface area contributed by atoms with Gasteiger partial charge in [0.2, 0.25) is 5.91 Å². The Kier molecular flexibility index (Phi) is 3.88. The number of hydrogen-bond donors (Lipinski definition) is 1. The van der Waals surface area contributed by atoms with Gasteiger partial charge in [-0.25, -0.2) is 0 Å². The molecular weight excluding hydrogens is 258 g/mol. The zero-order valence-electron chi connectivity index (χ0n) is 9.98. The van der Waals surface area contributed by atoms with Gasteiger partial charge in [-0.05, 0) is 6.07 Å². The molecule has 0 unspecified atom stereocenters. The lowest BCUT2D eigenvalue weighted by Crippen LogP contribution is -2.33. The maximum Gasteiger partial charge on any atom is 0.272 e. The number of H-pyrrole nitrogens is 1. The molecule has 2 rings (SSSR count). The van der Waals surface area contributed by atoms with Gasteiger partial charge in [0.05, 0.1) is 18.3 Å². The Hall–Kier alpha value is -1.53. The summed E-state index contributed by atoms with van der Waals surface area (Å²) in [4.78, 5) is 29.6. The van der Waals surface area contributed by atoms with Gasteiger partial charge < -0.3 is 19.5 Å². The molecule has 0 radical (unpaired) electrons. The Balaban J connectivity index is 1.99. The molecule has 0 aromatic carbocycles. The summed E-state index contributed by atoms with van der Waals surface area (Å²) in [5.74, 6) is -0.298. The van der Waals surface area contributed by atoms with Crippen molar-refractivity contribution < 1.29 is 14.3 Å². The first kappa shape index (κ1) is 12.9. The molecule has 1 aromatic heterocycles. The second-order valence-corrected chi connectivity index (χ2v) is 4.46. The van der Waals surface area contributed by atoms with E-state index in [0.717, 1.165) is 0 Å². The number of aromatic nitrogens is 1. The van der Waals surface area contributed by atoms with Crippen LogP contribution in [0.25, 0.3) is 0 Å². The highest BCUT2D eigenvalue weighted by molar-refractivity contribution is 6.31. The SMILES string of the molecule is COCCN1CN(C(=O)c2cc(Cl)c[nH]2)CC1=O. The molecular formula is C11H14ClN3O3. The van der Waals surface area contributed by atoms with E-state index in [4.69, 9.17) is 16.3 Å². The molecule has 18 heavy (non-hydrogen) atoms. The van der Waals surface area contributed by atoms with Crippen molar-refractivity contribution in [1.29, 1.82) is 0 Å². The highest BCUT2D eigenvalue weighted by Gasteiger charge is 2.31. The number of carbonyl (C=O) groups excluding carboxylic acids is 2. The Labute approximate surface area is 109 Å². The average molecular weight is 272 g/mol. The van der Waals surface area contributed by atoms with Crippen LogP contribution in [0.2, 0.25) is 5.02 Å². The van der Waals surface area contributed by atoms with Crippen molar-refractivity contribution >= 4 is 23.4 Å². The molecule has 2 heterocycles. The van der Waals surface area contributed by atoms with E-state index in [1.54, 1.807) is 18.1 Å². The number of rotatable bonds is 4. The van der Waals surface area contributed by atoms with Gasteiger partial charge in [-0.15, -0.1) is 0 Å². The Morgan fingerprint density at radius 1 is 1.61 bits per heavy atom. The third-order valence-electron chi connectivity index (χ3n) is 2.75. The van der Waals surface area contributed by atoms with E-state index in [9.17, 15) is 9.59 Å². The van der Waals surface area contributed by atoms with E-state index in [1.165, 1.54) is 11.1 Å². The highest BCUT2D eigenvalue weighted by Crippen LogP contribution is 2.14. The smallest absolute Gasteiger partial charge is 0.272 e. The molecule has 1 aromatic rings. The van der Waals surface area contributed by atoms with Crippen molar-refractivity contribution in [2.45, 2.75) is 0 Å². The van der Waals surface area contributed by atoms with Crippen molar-refractivity contribution in [2.24, 2.45) is 0 Å². The van der Waals surface area contributed by atoms with Crippen LogP contribution in [0.4, 0.5) is 0 Å². The van der Waals surface area contributed by atoms with Gasteiger partial charge in [-0.2, -0.15) is 0 Å². The standard InChI is InChI=1S/C11H14ClN3O3/c1-18-3-2-14-7-15(6-10(14)16)11(17)9-4-8(12)5-13-9/h4-5,13H,2-3,6-7H2,1H3. The fraction of sp³-hybridized carbons (Fsp3) is 0.455. The maximum absolute atomic E-state index is 12.1. The summed E-state index contributed by atoms with van der Waals surface area (Å²) in [5, 5.41) is 0.472. The summed E-state index contributed by atoms with van der Waals surface area (Å²) >= 11 is 5.74. The zero-order chi connectivity index (χ0) is 13.1.